The molecule has 0 aliphatic heterocycles. The highest BCUT2D eigenvalue weighted by Crippen LogP contribution is 2.47. The lowest BCUT2D eigenvalue weighted by Gasteiger charge is -2.11. The molecule has 0 unspecified atom stereocenters. The third kappa shape index (κ3) is 1.90. The summed E-state index contributed by atoms with van der Waals surface area (Å²) in [4.78, 5) is 4.17. The van der Waals surface area contributed by atoms with Gasteiger partial charge >= 0.3 is 0 Å². The Kier molecular flexibility index (Phi) is 2.55. The summed E-state index contributed by atoms with van der Waals surface area (Å²) < 4.78 is 23.9. The molecule has 1 aromatic heterocycles. The maximum atomic E-state index is 11.4. The second-order valence-corrected chi connectivity index (χ2v) is 6.89. The van der Waals surface area contributed by atoms with Crippen LogP contribution in [0.25, 0.3) is 0 Å². The average Bonchev–Trinajstić information content (AvgIpc) is 2.78. The zero-order valence-corrected chi connectivity index (χ0v) is 10.1. The van der Waals surface area contributed by atoms with E-state index in [2.05, 4.69) is 4.98 Å². The summed E-state index contributed by atoms with van der Waals surface area (Å²) in [6.45, 7) is 2.80. The molecule has 1 aliphatic rings. The van der Waals surface area contributed by atoms with Crippen LogP contribution in [0.5, 0.6) is 0 Å². The Balaban J connectivity index is 2.23. The van der Waals surface area contributed by atoms with Crippen molar-refractivity contribution in [3.8, 4) is 0 Å². The monoisotopic (exact) mass is 248 g/mol. The Morgan fingerprint density at radius 2 is 2.27 bits per heavy atom. The van der Waals surface area contributed by atoms with Gasteiger partial charge in [0.05, 0.1) is 4.75 Å². The van der Waals surface area contributed by atoms with Crippen LogP contribution in [0.15, 0.2) is 12.4 Å². The molecule has 0 aromatic carbocycles. The second-order valence-electron chi connectivity index (χ2n) is 3.93. The topological polar surface area (TPSA) is 52.0 Å². The van der Waals surface area contributed by atoms with Crippen LogP contribution >= 0.6 is 10.7 Å². The van der Waals surface area contributed by atoms with E-state index in [0.717, 1.165) is 12.4 Å². The van der Waals surface area contributed by atoms with Gasteiger partial charge in [0.25, 0.3) is 0 Å². The average molecular weight is 249 g/mol. The molecule has 0 radical (unpaired) electrons. The van der Waals surface area contributed by atoms with Crippen LogP contribution in [0.3, 0.4) is 0 Å². The maximum Gasteiger partial charge on any atom is 0.238 e. The van der Waals surface area contributed by atoms with Gasteiger partial charge in [-0.2, -0.15) is 0 Å². The number of hydrogen-bond acceptors (Lipinski definition) is 3. The predicted molar refractivity (Wildman–Crippen MR) is 58.3 cm³/mol. The Morgan fingerprint density at radius 3 is 2.73 bits per heavy atom. The first-order chi connectivity index (χ1) is 6.98. The van der Waals surface area contributed by atoms with Gasteiger partial charge in [-0.05, 0) is 19.8 Å². The normalized spacial score (nSPS) is 19.1. The van der Waals surface area contributed by atoms with Gasteiger partial charge < -0.3 is 4.57 Å². The predicted octanol–water partition coefficient (Wildman–Crippen LogP) is 1.55. The number of imidazole rings is 1. The molecule has 6 heteroatoms. The summed E-state index contributed by atoms with van der Waals surface area (Å²) in [5.74, 6) is 0.805. The molecular weight excluding hydrogens is 236 g/mol. The van der Waals surface area contributed by atoms with Crippen molar-refractivity contribution < 1.29 is 8.42 Å². The number of halogens is 1. The van der Waals surface area contributed by atoms with E-state index in [0.29, 0.717) is 19.3 Å². The molecule has 0 bridgehead atoms. The van der Waals surface area contributed by atoms with Gasteiger partial charge in [0.1, 0.15) is 5.82 Å². The zero-order valence-electron chi connectivity index (χ0n) is 8.48. The minimum absolute atomic E-state index is 0.430. The number of hydrogen-bond donors (Lipinski definition) is 0. The van der Waals surface area contributed by atoms with Gasteiger partial charge in [0.2, 0.25) is 9.05 Å². The Hall–Kier alpha value is -0.550. The summed E-state index contributed by atoms with van der Waals surface area (Å²) >= 11 is 0. The largest absolute Gasteiger partial charge is 0.335 e. The first-order valence-corrected chi connectivity index (χ1v) is 7.24. The molecule has 1 aromatic rings. The molecule has 1 fully saturated rings. The molecule has 4 nitrogen and oxygen atoms in total. The lowest BCUT2D eigenvalue weighted by molar-refractivity contribution is 0.581. The van der Waals surface area contributed by atoms with Gasteiger partial charge in [-0.25, -0.2) is 13.4 Å². The van der Waals surface area contributed by atoms with Crippen LogP contribution in [0.2, 0.25) is 0 Å². The van der Waals surface area contributed by atoms with E-state index in [-0.39, 0.29) is 0 Å². The molecule has 2 rings (SSSR count). The molecule has 0 amide bonds. The van der Waals surface area contributed by atoms with Crippen LogP contribution in [-0.4, -0.2) is 22.7 Å². The molecule has 84 valence electrons. The number of nitrogens with zero attached hydrogens (tertiary/aromatic N) is 2. The van der Waals surface area contributed by atoms with E-state index in [1.54, 1.807) is 6.20 Å². The highest BCUT2D eigenvalue weighted by Gasteiger charge is 2.54. The molecule has 0 spiro atoms. The molecular formula is C9H13ClN2O2S. The SMILES string of the molecule is CCn1ccnc1CC1(S(=O)(=O)Cl)CC1. The molecule has 0 saturated heterocycles. The van der Waals surface area contributed by atoms with Crippen molar-refractivity contribution in [2.45, 2.75) is 37.5 Å². The van der Waals surface area contributed by atoms with Crippen LogP contribution < -0.4 is 0 Å². The van der Waals surface area contributed by atoms with Gasteiger partial charge in [0.15, 0.2) is 0 Å². The second kappa shape index (κ2) is 3.49. The van der Waals surface area contributed by atoms with Crippen molar-refractivity contribution in [3.05, 3.63) is 18.2 Å². The minimum atomic E-state index is -3.47. The van der Waals surface area contributed by atoms with Crippen LogP contribution in [0.1, 0.15) is 25.6 Å². The maximum absolute atomic E-state index is 11.4. The summed E-state index contributed by atoms with van der Waals surface area (Å²) in [6.07, 6.45) is 5.27. The third-order valence-electron chi connectivity index (χ3n) is 2.95. The lowest BCUT2D eigenvalue weighted by Crippen LogP contribution is -2.23. The molecule has 15 heavy (non-hydrogen) atoms. The van der Waals surface area contributed by atoms with Gasteiger partial charge in [-0.15, -0.1) is 0 Å². The minimum Gasteiger partial charge on any atom is -0.335 e. The summed E-state index contributed by atoms with van der Waals surface area (Å²) in [6, 6.07) is 0. The Bertz CT molecular complexity index is 462. The van der Waals surface area contributed by atoms with E-state index in [1.165, 1.54) is 0 Å². The van der Waals surface area contributed by atoms with E-state index in [9.17, 15) is 8.42 Å². The number of aryl methyl sites for hydroxylation is 1. The fourth-order valence-electron chi connectivity index (χ4n) is 1.73. The number of aromatic nitrogens is 2. The summed E-state index contributed by atoms with van der Waals surface area (Å²) in [5, 5.41) is 0. The lowest BCUT2D eigenvalue weighted by atomic mass is 10.2. The molecule has 1 aliphatic carbocycles. The smallest absolute Gasteiger partial charge is 0.238 e. The highest BCUT2D eigenvalue weighted by molar-refractivity contribution is 8.15. The molecule has 0 atom stereocenters. The Labute approximate surface area is 93.7 Å². The zero-order chi connectivity index (χ0) is 11.1. The van der Waals surface area contributed by atoms with Crippen molar-refractivity contribution in [1.29, 1.82) is 0 Å². The molecule has 1 saturated carbocycles. The first kappa shape index (κ1) is 11.0. The van der Waals surface area contributed by atoms with Crippen LogP contribution in [-0.2, 0) is 22.0 Å². The third-order valence-corrected chi connectivity index (χ3v) is 5.52. The fourth-order valence-corrected chi connectivity index (χ4v) is 3.25. The van der Waals surface area contributed by atoms with Crippen LogP contribution in [0, 0.1) is 0 Å². The number of rotatable bonds is 4. The summed E-state index contributed by atoms with van der Waals surface area (Å²) in [5.41, 5.74) is 0. The van der Waals surface area contributed by atoms with Crippen molar-refractivity contribution in [1.82, 2.24) is 9.55 Å². The first-order valence-electron chi connectivity index (χ1n) is 4.93. The standard InChI is InChI=1S/C9H13ClN2O2S/c1-2-12-6-5-11-8(12)7-9(3-4-9)15(10,13)14/h5-6H,2-4,7H2,1H3. The quantitative estimate of drug-likeness (QED) is 0.760. The van der Waals surface area contributed by atoms with Crippen molar-refractivity contribution >= 4 is 19.7 Å². The van der Waals surface area contributed by atoms with Crippen molar-refractivity contribution in [2.75, 3.05) is 0 Å². The van der Waals surface area contributed by atoms with Gasteiger partial charge in [-0.3, -0.25) is 0 Å². The van der Waals surface area contributed by atoms with E-state index >= 15 is 0 Å². The molecule has 1 heterocycles. The van der Waals surface area contributed by atoms with E-state index in [1.807, 2.05) is 17.7 Å². The van der Waals surface area contributed by atoms with E-state index in [4.69, 9.17) is 10.7 Å². The van der Waals surface area contributed by atoms with E-state index < -0.39 is 13.8 Å². The fraction of sp³-hybridized carbons (Fsp3) is 0.667. The van der Waals surface area contributed by atoms with Crippen molar-refractivity contribution in [3.63, 3.8) is 0 Å². The molecule has 0 N–H and O–H groups in total. The van der Waals surface area contributed by atoms with Crippen LogP contribution in [0.4, 0.5) is 0 Å². The summed E-state index contributed by atoms with van der Waals surface area (Å²) in [7, 11) is 1.96. The van der Waals surface area contributed by atoms with Gasteiger partial charge in [-0.1, -0.05) is 0 Å². The Morgan fingerprint density at radius 1 is 1.60 bits per heavy atom. The highest BCUT2D eigenvalue weighted by atomic mass is 35.7. The van der Waals surface area contributed by atoms with Gasteiger partial charge in [0, 0.05) is 36.0 Å². The van der Waals surface area contributed by atoms with Crippen molar-refractivity contribution in [2.24, 2.45) is 0 Å².